The first-order chi connectivity index (χ1) is 14.6. The van der Waals surface area contributed by atoms with Crippen LogP contribution >= 0.6 is 0 Å². The molecule has 4 nitrogen and oxygen atoms in total. The maximum Gasteiger partial charge on any atom is 0.320 e. The number of ether oxygens (including phenoxy) is 1. The lowest BCUT2D eigenvalue weighted by molar-refractivity contribution is -0.159. The van der Waals surface area contributed by atoms with E-state index in [4.69, 9.17) is 4.74 Å². The summed E-state index contributed by atoms with van der Waals surface area (Å²) in [6.45, 7) is 2.36. The van der Waals surface area contributed by atoms with E-state index in [0.29, 0.717) is 6.42 Å². The van der Waals surface area contributed by atoms with Crippen molar-refractivity contribution in [3.05, 3.63) is 59.7 Å². The molecule has 1 N–H and O–H groups in total. The van der Waals surface area contributed by atoms with Crippen molar-refractivity contribution in [2.24, 2.45) is 5.92 Å². The minimum Gasteiger partial charge on any atom is -0.481 e. The molecule has 3 rings (SSSR count). The molecule has 4 heteroatoms. The van der Waals surface area contributed by atoms with E-state index in [0.717, 1.165) is 41.5 Å². The second kappa shape index (κ2) is 11.0. The summed E-state index contributed by atoms with van der Waals surface area (Å²) in [6.07, 6.45) is 8.01. The number of fused-ring (bicyclic) bond motifs is 3. The summed E-state index contributed by atoms with van der Waals surface area (Å²) in [4.78, 5) is 24.2. The van der Waals surface area contributed by atoms with Gasteiger partial charge in [-0.15, -0.1) is 0 Å². The highest BCUT2D eigenvalue weighted by Crippen LogP contribution is 2.44. The predicted molar refractivity (Wildman–Crippen MR) is 118 cm³/mol. The molecule has 0 radical (unpaired) electrons. The molecule has 1 unspecified atom stereocenters. The number of hydrogen-bond acceptors (Lipinski definition) is 3. The van der Waals surface area contributed by atoms with Crippen LogP contribution in [0.2, 0.25) is 0 Å². The Bertz CT molecular complexity index is 812. The molecule has 0 aromatic heterocycles. The van der Waals surface area contributed by atoms with Crippen molar-refractivity contribution < 1.29 is 19.4 Å². The Kier molecular flexibility index (Phi) is 8.06. The van der Waals surface area contributed by atoms with Crippen molar-refractivity contribution >= 4 is 11.9 Å². The molecule has 0 saturated carbocycles. The molecular formula is C26H32O4. The first-order valence-corrected chi connectivity index (χ1v) is 11.2. The standard InChI is InChI=1S/C26H32O4/c1-2-3-4-5-6-7-8-17-23(25(27)28)26(29)30-18-24-21-15-11-9-13-19(21)20-14-10-12-16-22(20)24/h9-16,23-24H,2-8,17-18H2,1H3,(H,27,28). The zero-order valence-corrected chi connectivity index (χ0v) is 17.8. The van der Waals surface area contributed by atoms with E-state index < -0.39 is 17.9 Å². The van der Waals surface area contributed by atoms with Gasteiger partial charge in [0.15, 0.2) is 5.92 Å². The molecule has 0 amide bonds. The maximum atomic E-state index is 12.6. The Morgan fingerprint density at radius 1 is 0.867 bits per heavy atom. The highest BCUT2D eigenvalue weighted by atomic mass is 16.5. The Morgan fingerprint density at radius 3 is 1.97 bits per heavy atom. The Labute approximate surface area is 179 Å². The first-order valence-electron chi connectivity index (χ1n) is 11.2. The molecule has 30 heavy (non-hydrogen) atoms. The summed E-state index contributed by atoms with van der Waals surface area (Å²) in [5.41, 5.74) is 4.58. The average Bonchev–Trinajstić information content (AvgIpc) is 3.07. The summed E-state index contributed by atoms with van der Waals surface area (Å²) in [6, 6.07) is 16.3. The van der Waals surface area contributed by atoms with E-state index >= 15 is 0 Å². The van der Waals surface area contributed by atoms with Gasteiger partial charge in [-0.05, 0) is 28.7 Å². The lowest BCUT2D eigenvalue weighted by Crippen LogP contribution is -2.27. The summed E-state index contributed by atoms with van der Waals surface area (Å²) < 4.78 is 5.55. The number of carboxylic acid groups (broad SMARTS) is 1. The summed E-state index contributed by atoms with van der Waals surface area (Å²) >= 11 is 0. The molecule has 0 saturated heterocycles. The van der Waals surface area contributed by atoms with Gasteiger partial charge in [0.25, 0.3) is 0 Å². The van der Waals surface area contributed by atoms with Gasteiger partial charge in [0.2, 0.25) is 0 Å². The van der Waals surface area contributed by atoms with Gasteiger partial charge in [0.05, 0.1) is 0 Å². The maximum absolute atomic E-state index is 12.6. The lowest BCUT2D eigenvalue weighted by Gasteiger charge is -2.17. The first kappa shape index (κ1) is 22.1. The van der Waals surface area contributed by atoms with E-state index in [1.54, 1.807) is 0 Å². The van der Waals surface area contributed by atoms with Gasteiger partial charge in [0, 0.05) is 5.92 Å². The molecule has 0 aliphatic heterocycles. The van der Waals surface area contributed by atoms with Crippen LogP contribution in [0.3, 0.4) is 0 Å². The molecule has 2 aromatic carbocycles. The average molecular weight is 409 g/mol. The monoisotopic (exact) mass is 408 g/mol. The van der Waals surface area contributed by atoms with Crippen LogP contribution in [0.1, 0.15) is 75.3 Å². The van der Waals surface area contributed by atoms with Crippen LogP contribution in [0.15, 0.2) is 48.5 Å². The molecule has 0 heterocycles. The fourth-order valence-corrected chi connectivity index (χ4v) is 4.35. The number of benzene rings is 2. The topological polar surface area (TPSA) is 63.6 Å². The van der Waals surface area contributed by atoms with Gasteiger partial charge >= 0.3 is 11.9 Å². The van der Waals surface area contributed by atoms with Crippen LogP contribution in [0.25, 0.3) is 11.1 Å². The van der Waals surface area contributed by atoms with Crippen LogP contribution in [0.5, 0.6) is 0 Å². The number of carbonyl (C=O) groups excluding carboxylic acids is 1. The van der Waals surface area contributed by atoms with Crippen molar-refractivity contribution in [2.75, 3.05) is 6.61 Å². The number of rotatable bonds is 12. The van der Waals surface area contributed by atoms with Gasteiger partial charge in [-0.25, -0.2) is 0 Å². The fraction of sp³-hybridized carbons (Fsp3) is 0.462. The molecule has 2 aromatic rings. The number of hydrogen-bond donors (Lipinski definition) is 1. The van der Waals surface area contributed by atoms with Crippen LogP contribution < -0.4 is 0 Å². The van der Waals surface area contributed by atoms with Crippen molar-refractivity contribution in [1.29, 1.82) is 0 Å². The molecule has 0 fully saturated rings. The van der Waals surface area contributed by atoms with E-state index in [9.17, 15) is 14.7 Å². The third-order valence-corrected chi connectivity index (χ3v) is 6.03. The highest BCUT2D eigenvalue weighted by Gasteiger charge is 2.32. The van der Waals surface area contributed by atoms with Crippen LogP contribution in [0.4, 0.5) is 0 Å². The number of carbonyl (C=O) groups is 2. The molecular weight excluding hydrogens is 376 g/mol. The van der Waals surface area contributed by atoms with E-state index in [-0.39, 0.29) is 12.5 Å². The molecule has 160 valence electrons. The van der Waals surface area contributed by atoms with E-state index in [1.807, 2.05) is 24.3 Å². The van der Waals surface area contributed by atoms with Gasteiger partial charge in [-0.1, -0.05) is 100 Å². The van der Waals surface area contributed by atoms with Crippen molar-refractivity contribution in [1.82, 2.24) is 0 Å². The van der Waals surface area contributed by atoms with Crippen LogP contribution in [-0.2, 0) is 14.3 Å². The highest BCUT2D eigenvalue weighted by molar-refractivity contribution is 5.94. The predicted octanol–water partition coefficient (Wildman–Crippen LogP) is 6.18. The number of carboxylic acids is 1. The third kappa shape index (κ3) is 5.29. The van der Waals surface area contributed by atoms with Gasteiger partial charge in [-0.2, -0.15) is 0 Å². The molecule has 1 aliphatic carbocycles. The van der Waals surface area contributed by atoms with E-state index in [2.05, 4.69) is 31.2 Å². The lowest BCUT2D eigenvalue weighted by atomic mass is 9.97. The second-order valence-corrected chi connectivity index (χ2v) is 8.16. The minimum absolute atomic E-state index is 0.0469. The van der Waals surface area contributed by atoms with Crippen molar-refractivity contribution in [3.8, 4) is 11.1 Å². The van der Waals surface area contributed by atoms with Gasteiger partial charge < -0.3 is 9.84 Å². The number of unbranched alkanes of at least 4 members (excludes halogenated alkanes) is 6. The van der Waals surface area contributed by atoms with Gasteiger partial charge in [0.1, 0.15) is 6.61 Å². The quantitative estimate of drug-likeness (QED) is 0.259. The fourth-order valence-electron chi connectivity index (χ4n) is 4.35. The summed E-state index contributed by atoms with van der Waals surface area (Å²) in [5, 5.41) is 9.52. The third-order valence-electron chi connectivity index (χ3n) is 6.03. The minimum atomic E-state index is -1.08. The molecule has 1 atom stereocenters. The smallest absolute Gasteiger partial charge is 0.320 e. The molecule has 1 aliphatic rings. The summed E-state index contributed by atoms with van der Waals surface area (Å²) in [5.74, 6) is -2.82. The van der Waals surface area contributed by atoms with Crippen molar-refractivity contribution in [3.63, 3.8) is 0 Å². The summed E-state index contributed by atoms with van der Waals surface area (Å²) in [7, 11) is 0. The van der Waals surface area contributed by atoms with E-state index in [1.165, 1.54) is 25.7 Å². The largest absolute Gasteiger partial charge is 0.481 e. The van der Waals surface area contributed by atoms with Crippen LogP contribution in [0, 0.1) is 5.92 Å². The Balaban J connectivity index is 1.55. The second-order valence-electron chi connectivity index (χ2n) is 8.16. The zero-order chi connectivity index (χ0) is 21.3. The number of esters is 1. The Morgan fingerprint density at radius 2 is 1.40 bits per heavy atom. The van der Waals surface area contributed by atoms with Crippen LogP contribution in [-0.4, -0.2) is 23.7 Å². The molecule has 0 spiro atoms. The molecule has 0 bridgehead atoms. The SMILES string of the molecule is CCCCCCCCCC(C(=O)O)C(=O)OCC1c2ccccc2-c2ccccc21. The zero-order valence-electron chi connectivity index (χ0n) is 17.8. The van der Waals surface area contributed by atoms with Crippen molar-refractivity contribution in [2.45, 2.75) is 64.2 Å². The Hall–Kier alpha value is -2.62. The van der Waals surface area contributed by atoms with Gasteiger partial charge in [-0.3, -0.25) is 9.59 Å². The number of aliphatic carboxylic acids is 1. The normalized spacial score (nSPS) is 13.5.